The molecule has 138 valence electrons. The Balaban J connectivity index is 1.27. The highest BCUT2D eigenvalue weighted by molar-refractivity contribution is 5.89. The average molecular weight is 353 g/mol. The number of hydrogen-bond acceptors (Lipinski definition) is 3. The monoisotopic (exact) mass is 353 g/mol. The quantitative estimate of drug-likeness (QED) is 0.821. The van der Waals surface area contributed by atoms with Crippen molar-refractivity contribution in [1.82, 2.24) is 14.8 Å². The fourth-order valence-corrected chi connectivity index (χ4v) is 5.57. The van der Waals surface area contributed by atoms with Gasteiger partial charge < -0.3 is 9.80 Å². The third-order valence-electron chi connectivity index (χ3n) is 7.37. The molecule has 1 aromatic rings. The lowest BCUT2D eigenvalue weighted by Gasteiger charge is -2.43. The number of likely N-dealkylation sites (tertiary alicyclic amines) is 1. The summed E-state index contributed by atoms with van der Waals surface area (Å²) < 4.78 is 0. The molecule has 0 aromatic carbocycles. The van der Waals surface area contributed by atoms with E-state index in [-0.39, 0.29) is 23.9 Å². The molecule has 5 rings (SSSR count). The predicted molar refractivity (Wildman–Crippen MR) is 97.3 cm³/mol. The van der Waals surface area contributed by atoms with Gasteiger partial charge in [-0.1, -0.05) is 13.0 Å². The van der Waals surface area contributed by atoms with Gasteiger partial charge in [0.1, 0.15) is 6.04 Å². The highest BCUT2D eigenvalue weighted by Gasteiger charge is 2.55. The van der Waals surface area contributed by atoms with E-state index in [0.717, 1.165) is 44.7 Å². The molecule has 0 bridgehead atoms. The Labute approximate surface area is 154 Å². The summed E-state index contributed by atoms with van der Waals surface area (Å²) in [5, 5.41) is 0. The summed E-state index contributed by atoms with van der Waals surface area (Å²) in [7, 11) is 0. The Morgan fingerprint density at radius 1 is 1.23 bits per heavy atom. The van der Waals surface area contributed by atoms with Crippen LogP contribution in [0.5, 0.6) is 0 Å². The lowest BCUT2D eigenvalue weighted by Crippen LogP contribution is -2.56. The molecule has 2 amide bonds. The fraction of sp³-hybridized carbons (Fsp3) is 0.667. The Bertz CT molecular complexity index is 730. The highest BCUT2D eigenvalue weighted by atomic mass is 16.2. The van der Waals surface area contributed by atoms with Crippen molar-refractivity contribution in [3.63, 3.8) is 0 Å². The minimum atomic E-state index is -0.221. The lowest BCUT2D eigenvalue weighted by molar-refractivity contribution is -0.149. The molecule has 0 unspecified atom stereocenters. The number of fused-ring (bicyclic) bond motifs is 2. The van der Waals surface area contributed by atoms with Gasteiger partial charge in [0.05, 0.1) is 0 Å². The number of nitrogens with zero attached hydrogens (tertiary/aromatic N) is 3. The predicted octanol–water partition coefficient (Wildman–Crippen LogP) is 2.58. The maximum Gasteiger partial charge on any atom is 0.245 e. The van der Waals surface area contributed by atoms with Crippen molar-refractivity contribution < 1.29 is 9.59 Å². The molecule has 1 aliphatic carbocycles. The van der Waals surface area contributed by atoms with Gasteiger partial charge in [0.2, 0.25) is 11.8 Å². The number of carbonyl (C=O) groups is 2. The number of rotatable bonds is 2. The molecule has 4 aliphatic rings. The van der Waals surface area contributed by atoms with Crippen LogP contribution in [-0.4, -0.2) is 51.8 Å². The van der Waals surface area contributed by atoms with E-state index in [9.17, 15) is 9.59 Å². The van der Waals surface area contributed by atoms with Crippen molar-refractivity contribution in [2.45, 2.75) is 63.5 Å². The summed E-state index contributed by atoms with van der Waals surface area (Å²) in [6.07, 6.45) is 9.49. The summed E-state index contributed by atoms with van der Waals surface area (Å²) in [5.74, 6) is 1.50. The van der Waals surface area contributed by atoms with Crippen molar-refractivity contribution in [3.05, 3.63) is 30.1 Å². The molecular formula is C21H27N3O2. The van der Waals surface area contributed by atoms with Gasteiger partial charge in [0.15, 0.2) is 0 Å². The van der Waals surface area contributed by atoms with Crippen LogP contribution in [0.15, 0.2) is 24.5 Å². The summed E-state index contributed by atoms with van der Waals surface area (Å²) in [6.45, 7) is 3.88. The van der Waals surface area contributed by atoms with E-state index in [2.05, 4.69) is 18.0 Å². The normalized spacial score (nSPS) is 36.7. The van der Waals surface area contributed by atoms with E-state index in [4.69, 9.17) is 0 Å². The van der Waals surface area contributed by atoms with E-state index in [1.54, 1.807) is 6.20 Å². The number of carbonyl (C=O) groups excluding carboxylic acids is 2. The van der Waals surface area contributed by atoms with Gasteiger partial charge in [-0.2, -0.15) is 0 Å². The van der Waals surface area contributed by atoms with Crippen LogP contribution in [0.25, 0.3) is 0 Å². The maximum atomic E-state index is 13.1. The fourth-order valence-electron chi connectivity index (χ4n) is 5.57. The molecule has 0 radical (unpaired) electrons. The SMILES string of the molecule is C[C@@]12C[C@H]3CC[C@@H](C(=O)N4CC(c5cccnc5)C4)N3C(=O)CC[C@H]1C2. The van der Waals surface area contributed by atoms with E-state index in [0.29, 0.717) is 17.8 Å². The number of aromatic nitrogens is 1. The maximum absolute atomic E-state index is 13.1. The second-order valence-electron chi connectivity index (χ2n) is 9.07. The van der Waals surface area contributed by atoms with Crippen LogP contribution in [0.3, 0.4) is 0 Å². The first-order chi connectivity index (χ1) is 12.5. The van der Waals surface area contributed by atoms with Gasteiger partial charge in [0.25, 0.3) is 0 Å². The van der Waals surface area contributed by atoms with E-state index in [1.165, 1.54) is 12.0 Å². The number of amides is 2. The first-order valence-electron chi connectivity index (χ1n) is 10.0. The van der Waals surface area contributed by atoms with E-state index < -0.39 is 0 Å². The molecule has 5 heteroatoms. The smallest absolute Gasteiger partial charge is 0.245 e. The van der Waals surface area contributed by atoms with Crippen LogP contribution in [-0.2, 0) is 9.59 Å². The van der Waals surface area contributed by atoms with Crippen LogP contribution >= 0.6 is 0 Å². The first kappa shape index (κ1) is 16.3. The number of pyridine rings is 1. The van der Waals surface area contributed by atoms with Crippen molar-refractivity contribution >= 4 is 11.8 Å². The molecule has 0 N–H and O–H groups in total. The zero-order valence-electron chi connectivity index (χ0n) is 15.4. The minimum Gasteiger partial charge on any atom is -0.340 e. The van der Waals surface area contributed by atoms with Crippen LogP contribution < -0.4 is 0 Å². The van der Waals surface area contributed by atoms with E-state index in [1.807, 2.05) is 22.1 Å². The first-order valence-corrected chi connectivity index (χ1v) is 10.0. The minimum absolute atomic E-state index is 0.166. The molecule has 26 heavy (non-hydrogen) atoms. The largest absolute Gasteiger partial charge is 0.340 e. The molecule has 5 nitrogen and oxygen atoms in total. The van der Waals surface area contributed by atoms with Crippen molar-refractivity contribution in [1.29, 1.82) is 0 Å². The Kier molecular flexibility index (Phi) is 3.63. The van der Waals surface area contributed by atoms with Crippen LogP contribution in [0.4, 0.5) is 0 Å². The molecule has 1 aromatic heterocycles. The third kappa shape index (κ3) is 2.55. The standard InChI is InChI=1S/C21H27N3O2/c1-21-9-16(21)4-7-19(25)24-17(10-21)5-6-18(24)20(26)23-12-15(13-23)14-3-2-8-22-11-14/h2-3,8,11,15-18H,4-7,9-10,12-13H2,1H3/t16-,17+,18-,21+/m0/s1. The summed E-state index contributed by atoms with van der Waals surface area (Å²) >= 11 is 0. The molecule has 4 fully saturated rings. The van der Waals surface area contributed by atoms with E-state index >= 15 is 0 Å². The highest BCUT2D eigenvalue weighted by Crippen LogP contribution is 2.60. The molecule has 3 saturated heterocycles. The summed E-state index contributed by atoms with van der Waals surface area (Å²) in [6, 6.07) is 4.09. The molecule has 0 spiro atoms. The summed E-state index contributed by atoms with van der Waals surface area (Å²) in [4.78, 5) is 34.0. The molecule has 1 saturated carbocycles. The summed E-state index contributed by atoms with van der Waals surface area (Å²) in [5.41, 5.74) is 1.62. The van der Waals surface area contributed by atoms with Gasteiger partial charge >= 0.3 is 0 Å². The van der Waals surface area contributed by atoms with Crippen molar-refractivity contribution in [2.24, 2.45) is 11.3 Å². The Morgan fingerprint density at radius 3 is 2.85 bits per heavy atom. The Hall–Kier alpha value is -1.91. The Morgan fingerprint density at radius 2 is 2.08 bits per heavy atom. The molecule has 4 atom stereocenters. The second kappa shape index (κ2) is 5.80. The van der Waals surface area contributed by atoms with Gasteiger partial charge in [-0.15, -0.1) is 0 Å². The third-order valence-corrected chi connectivity index (χ3v) is 7.37. The van der Waals surface area contributed by atoms with Gasteiger partial charge in [-0.3, -0.25) is 14.6 Å². The van der Waals surface area contributed by atoms with Crippen LogP contribution in [0.1, 0.15) is 56.9 Å². The van der Waals surface area contributed by atoms with Gasteiger partial charge in [-0.05, 0) is 55.1 Å². The zero-order valence-corrected chi connectivity index (χ0v) is 15.4. The molecular weight excluding hydrogens is 326 g/mol. The molecule has 3 aliphatic heterocycles. The topological polar surface area (TPSA) is 53.5 Å². The second-order valence-corrected chi connectivity index (χ2v) is 9.07. The van der Waals surface area contributed by atoms with Crippen molar-refractivity contribution in [2.75, 3.05) is 13.1 Å². The van der Waals surface area contributed by atoms with Gasteiger partial charge in [-0.25, -0.2) is 0 Å². The average Bonchev–Trinajstić information content (AvgIpc) is 3.03. The van der Waals surface area contributed by atoms with Crippen LogP contribution in [0, 0.1) is 11.3 Å². The van der Waals surface area contributed by atoms with Crippen LogP contribution in [0.2, 0.25) is 0 Å². The number of hydrogen-bond donors (Lipinski definition) is 0. The van der Waals surface area contributed by atoms with Crippen molar-refractivity contribution in [3.8, 4) is 0 Å². The molecule has 4 heterocycles. The zero-order chi connectivity index (χ0) is 17.9. The lowest BCUT2D eigenvalue weighted by atomic mass is 9.91. The van der Waals surface area contributed by atoms with Gasteiger partial charge in [0, 0.05) is 43.9 Å².